The Bertz CT molecular complexity index is 787. The quantitative estimate of drug-likeness (QED) is 0.734. The van der Waals surface area contributed by atoms with Crippen LogP contribution in [0.15, 0.2) is 24.3 Å². The number of fused-ring (bicyclic) bond motifs is 1. The predicted molar refractivity (Wildman–Crippen MR) is 100 cm³/mol. The second-order valence-corrected chi connectivity index (χ2v) is 8.91. The van der Waals surface area contributed by atoms with Crippen molar-refractivity contribution in [3.8, 4) is 11.5 Å². The van der Waals surface area contributed by atoms with Crippen LogP contribution in [0.25, 0.3) is 6.08 Å². The van der Waals surface area contributed by atoms with Crippen molar-refractivity contribution in [1.82, 2.24) is 4.90 Å². The smallest absolute Gasteiger partial charge is 0.246 e. The third-order valence-electron chi connectivity index (χ3n) is 4.59. The fourth-order valence-electron chi connectivity index (χ4n) is 3.28. The standard InChI is InChI=1S/C19H25NO5S/c1-2-9-20(16-8-12-26(22,23)14-16)19(21)7-5-15-4-6-17-18(13-15)25-11-3-10-24-17/h4-7,13,16H,2-3,8-12,14H2,1H3/b7-5+. The highest BCUT2D eigenvalue weighted by atomic mass is 32.2. The molecule has 2 aliphatic heterocycles. The highest BCUT2D eigenvalue weighted by Crippen LogP contribution is 2.30. The maximum atomic E-state index is 12.6. The second kappa shape index (κ2) is 8.12. The molecule has 1 atom stereocenters. The fourth-order valence-corrected chi connectivity index (χ4v) is 5.01. The summed E-state index contributed by atoms with van der Waals surface area (Å²) in [5.74, 6) is 1.48. The van der Waals surface area contributed by atoms with E-state index in [0.717, 1.165) is 24.2 Å². The van der Waals surface area contributed by atoms with E-state index in [2.05, 4.69) is 0 Å². The molecule has 0 aromatic heterocycles. The Kier molecular flexibility index (Phi) is 5.86. The first kappa shape index (κ1) is 18.8. The number of nitrogens with zero attached hydrogens (tertiary/aromatic N) is 1. The number of hydrogen-bond acceptors (Lipinski definition) is 5. The van der Waals surface area contributed by atoms with Crippen LogP contribution in [0, 0.1) is 0 Å². The topological polar surface area (TPSA) is 72.9 Å². The van der Waals surface area contributed by atoms with E-state index >= 15 is 0 Å². The van der Waals surface area contributed by atoms with Crippen LogP contribution in [0.3, 0.4) is 0 Å². The molecule has 0 bridgehead atoms. The van der Waals surface area contributed by atoms with Crippen molar-refractivity contribution in [2.24, 2.45) is 0 Å². The molecule has 1 unspecified atom stereocenters. The van der Waals surface area contributed by atoms with Gasteiger partial charge in [-0.15, -0.1) is 0 Å². The molecule has 2 heterocycles. The van der Waals surface area contributed by atoms with Crippen LogP contribution in [-0.2, 0) is 14.6 Å². The van der Waals surface area contributed by atoms with E-state index in [1.807, 2.05) is 25.1 Å². The lowest BCUT2D eigenvalue weighted by atomic mass is 10.1. The first-order valence-corrected chi connectivity index (χ1v) is 10.9. The number of benzene rings is 1. The van der Waals surface area contributed by atoms with Crippen molar-refractivity contribution < 1.29 is 22.7 Å². The molecule has 26 heavy (non-hydrogen) atoms. The third-order valence-corrected chi connectivity index (χ3v) is 6.34. The van der Waals surface area contributed by atoms with Crippen molar-refractivity contribution >= 4 is 21.8 Å². The molecule has 0 spiro atoms. The summed E-state index contributed by atoms with van der Waals surface area (Å²) in [5, 5.41) is 0. The van der Waals surface area contributed by atoms with Crippen molar-refractivity contribution in [2.45, 2.75) is 32.2 Å². The molecule has 142 valence electrons. The number of ether oxygens (including phenoxy) is 2. The highest BCUT2D eigenvalue weighted by Gasteiger charge is 2.33. The average Bonchev–Trinajstić information content (AvgIpc) is 2.82. The van der Waals surface area contributed by atoms with E-state index in [1.54, 1.807) is 11.0 Å². The number of sulfone groups is 1. The Balaban J connectivity index is 1.71. The van der Waals surface area contributed by atoms with Gasteiger partial charge in [0.2, 0.25) is 5.91 Å². The minimum atomic E-state index is -3.02. The summed E-state index contributed by atoms with van der Waals surface area (Å²) in [5.41, 5.74) is 0.845. The Hall–Kier alpha value is -2.02. The van der Waals surface area contributed by atoms with Crippen LogP contribution >= 0.6 is 0 Å². The molecular formula is C19H25NO5S. The van der Waals surface area contributed by atoms with Gasteiger partial charge in [-0.05, 0) is 36.6 Å². The maximum absolute atomic E-state index is 12.6. The van der Waals surface area contributed by atoms with E-state index in [9.17, 15) is 13.2 Å². The summed E-state index contributed by atoms with van der Waals surface area (Å²) < 4.78 is 34.7. The van der Waals surface area contributed by atoms with Gasteiger partial charge in [-0.2, -0.15) is 0 Å². The van der Waals surface area contributed by atoms with Gasteiger partial charge in [-0.25, -0.2) is 8.42 Å². The molecule has 1 saturated heterocycles. The predicted octanol–water partition coefficient (Wildman–Crippen LogP) is 2.29. The molecule has 6 nitrogen and oxygen atoms in total. The van der Waals surface area contributed by atoms with Gasteiger partial charge >= 0.3 is 0 Å². The minimum absolute atomic E-state index is 0.0661. The lowest BCUT2D eigenvalue weighted by Gasteiger charge is -2.26. The van der Waals surface area contributed by atoms with Gasteiger partial charge in [-0.1, -0.05) is 13.0 Å². The molecule has 2 aliphatic rings. The first-order valence-electron chi connectivity index (χ1n) is 9.07. The number of rotatable bonds is 5. The highest BCUT2D eigenvalue weighted by molar-refractivity contribution is 7.91. The normalized spacial score (nSPS) is 21.5. The monoisotopic (exact) mass is 379 g/mol. The zero-order valence-electron chi connectivity index (χ0n) is 15.0. The lowest BCUT2D eigenvalue weighted by molar-refractivity contribution is -0.127. The largest absolute Gasteiger partial charge is 0.490 e. The maximum Gasteiger partial charge on any atom is 0.246 e. The van der Waals surface area contributed by atoms with Crippen LogP contribution in [0.5, 0.6) is 11.5 Å². The van der Waals surface area contributed by atoms with Gasteiger partial charge in [0.1, 0.15) is 0 Å². The average molecular weight is 379 g/mol. The molecule has 1 aromatic carbocycles. The number of carbonyl (C=O) groups is 1. The van der Waals surface area contributed by atoms with E-state index < -0.39 is 9.84 Å². The SMILES string of the molecule is CCCN(C(=O)/C=C/c1ccc2c(c1)OCCCO2)C1CCS(=O)(=O)C1. The molecule has 0 saturated carbocycles. The molecule has 0 N–H and O–H groups in total. The van der Waals surface area contributed by atoms with E-state index in [0.29, 0.717) is 31.9 Å². The summed E-state index contributed by atoms with van der Waals surface area (Å²) >= 11 is 0. The van der Waals surface area contributed by atoms with Crippen LogP contribution in [0.2, 0.25) is 0 Å². The molecular weight excluding hydrogens is 354 g/mol. The van der Waals surface area contributed by atoms with Crippen molar-refractivity contribution in [1.29, 1.82) is 0 Å². The Labute approximate surface area is 154 Å². The van der Waals surface area contributed by atoms with Gasteiger partial charge in [0, 0.05) is 25.1 Å². The molecule has 7 heteroatoms. The molecule has 0 aliphatic carbocycles. The number of hydrogen-bond donors (Lipinski definition) is 0. The first-order chi connectivity index (χ1) is 12.5. The van der Waals surface area contributed by atoms with Crippen LogP contribution in [0.4, 0.5) is 0 Å². The fraction of sp³-hybridized carbons (Fsp3) is 0.526. The minimum Gasteiger partial charge on any atom is -0.490 e. The summed E-state index contributed by atoms with van der Waals surface area (Å²) in [6, 6.07) is 5.36. The van der Waals surface area contributed by atoms with Crippen molar-refractivity contribution in [2.75, 3.05) is 31.3 Å². The van der Waals surface area contributed by atoms with Crippen molar-refractivity contribution in [3.05, 3.63) is 29.8 Å². The van der Waals surface area contributed by atoms with Crippen LogP contribution in [0.1, 0.15) is 31.7 Å². The van der Waals surface area contributed by atoms with Crippen LogP contribution in [-0.4, -0.2) is 56.5 Å². The number of amides is 1. The third kappa shape index (κ3) is 4.58. The summed E-state index contributed by atoms with van der Waals surface area (Å²) in [4.78, 5) is 14.3. The van der Waals surface area contributed by atoms with Gasteiger partial charge in [0.05, 0.1) is 24.7 Å². The van der Waals surface area contributed by atoms with E-state index in [4.69, 9.17) is 9.47 Å². The number of carbonyl (C=O) groups excluding carboxylic acids is 1. The summed E-state index contributed by atoms with van der Waals surface area (Å²) in [6.45, 7) is 3.79. The van der Waals surface area contributed by atoms with Gasteiger partial charge in [0.15, 0.2) is 21.3 Å². The summed E-state index contributed by atoms with van der Waals surface area (Å²) in [6.07, 6.45) is 5.41. The molecule has 1 amide bonds. The molecule has 1 fully saturated rings. The van der Waals surface area contributed by atoms with E-state index in [-0.39, 0.29) is 23.5 Å². The lowest BCUT2D eigenvalue weighted by Crippen LogP contribution is -2.40. The Morgan fingerprint density at radius 1 is 1.27 bits per heavy atom. The second-order valence-electron chi connectivity index (χ2n) is 6.68. The van der Waals surface area contributed by atoms with Crippen molar-refractivity contribution in [3.63, 3.8) is 0 Å². The summed E-state index contributed by atoms with van der Waals surface area (Å²) in [7, 11) is -3.02. The molecule has 3 rings (SSSR count). The molecule has 1 aromatic rings. The molecule has 0 radical (unpaired) electrons. The zero-order valence-corrected chi connectivity index (χ0v) is 15.8. The Morgan fingerprint density at radius 3 is 2.73 bits per heavy atom. The van der Waals surface area contributed by atoms with E-state index in [1.165, 1.54) is 6.08 Å². The zero-order chi connectivity index (χ0) is 18.6. The van der Waals surface area contributed by atoms with Gasteiger partial charge < -0.3 is 14.4 Å². The van der Waals surface area contributed by atoms with Crippen LogP contribution < -0.4 is 9.47 Å². The van der Waals surface area contributed by atoms with Gasteiger partial charge in [0.25, 0.3) is 0 Å². The van der Waals surface area contributed by atoms with Gasteiger partial charge in [-0.3, -0.25) is 4.79 Å². The Morgan fingerprint density at radius 2 is 2.04 bits per heavy atom.